The number of rotatable bonds is 2. The van der Waals surface area contributed by atoms with Crippen molar-refractivity contribution in [3.05, 3.63) is 46.9 Å². The number of anilines is 1. The molecule has 0 spiro atoms. The lowest BCUT2D eigenvalue weighted by molar-refractivity contribution is 0.0373. The molecule has 0 unspecified atom stereocenters. The summed E-state index contributed by atoms with van der Waals surface area (Å²) >= 11 is 6.71. The van der Waals surface area contributed by atoms with Gasteiger partial charge < -0.3 is 4.98 Å². The minimum absolute atomic E-state index is 0.225. The lowest BCUT2D eigenvalue weighted by Crippen LogP contribution is -2.23. The van der Waals surface area contributed by atoms with Crippen LogP contribution in [-0.4, -0.2) is 20.6 Å². The zero-order valence-electron chi connectivity index (χ0n) is 12.7. The van der Waals surface area contributed by atoms with E-state index in [1.54, 1.807) is 36.1 Å². The van der Waals surface area contributed by atoms with Crippen LogP contribution < -0.4 is 5.48 Å². The quantitative estimate of drug-likeness (QED) is 0.530. The Morgan fingerprint density at radius 1 is 1.32 bits per heavy atom. The van der Waals surface area contributed by atoms with Crippen LogP contribution in [0.1, 0.15) is 20.8 Å². The number of pyridine rings is 2. The summed E-state index contributed by atoms with van der Waals surface area (Å²) in [4.78, 5) is 16.3. The third-order valence-corrected chi connectivity index (χ3v) is 3.59. The molecular weight excluding hydrogens is 316 g/mol. The minimum Gasteiger partial charge on any atom is -0.366 e. The van der Waals surface area contributed by atoms with Gasteiger partial charge in [0, 0.05) is 18.6 Å². The Bertz CT molecular complexity index is 746. The molecule has 0 aliphatic carbocycles. The maximum Gasteiger partial charge on any atom is 0.0995 e. The summed E-state index contributed by atoms with van der Waals surface area (Å²) in [5.74, 6) is 0. The molecule has 7 heteroatoms. The largest absolute Gasteiger partial charge is 0.366 e. The Morgan fingerprint density at radius 3 is 2.82 bits per heavy atom. The van der Waals surface area contributed by atoms with Gasteiger partial charge in [-0.3, -0.25) is 15.3 Å². The Labute approximate surface area is 138 Å². The summed E-state index contributed by atoms with van der Waals surface area (Å²) in [5, 5.41) is 0. The van der Waals surface area contributed by atoms with Gasteiger partial charge in [-0.15, -0.1) is 11.3 Å². The van der Waals surface area contributed by atoms with E-state index in [1.807, 2.05) is 38.4 Å². The van der Waals surface area contributed by atoms with E-state index in [0.29, 0.717) is 0 Å². The molecule has 0 atom stereocenters. The van der Waals surface area contributed by atoms with E-state index < -0.39 is 0 Å². The summed E-state index contributed by atoms with van der Waals surface area (Å²) in [6, 6.07) is 3.77. The van der Waals surface area contributed by atoms with E-state index in [9.17, 15) is 0 Å². The summed E-state index contributed by atoms with van der Waals surface area (Å²) in [6.07, 6.45) is 7.10. The van der Waals surface area contributed by atoms with Gasteiger partial charge in [-0.2, -0.15) is 0 Å². The fourth-order valence-corrected chi connectivity index (χ4v) is 2.23. The van der Waals surface area contributed by atoms with Crippen molar-refractivity contribution in [2.45, 2.75) is 26.4 Å². The van der Waals surface area contributed by atoms with Crippen molar-refractivity contribution in [1.82, 2.24) is 15.0 Å². The first-order valence-corrected chi connectivity index (χ1v) is 7.99. The summed E-state index contributed by atoms with van der Waals surface area (Å²) < 4.78 is 1.94. The van der Waals surface area contributed by atoms with E-state index in [2.05, 4.69) is 20.4 Å². The molecule has 3 aromatic heterocycles. The molecule has 0 saturated heterocycles. The van der Waals surface area contributed by atoms with Gasteiger partial charge in [-0.1, -0.05) is 12.2 Å². The maximum absolute atomic E-state index is 5.36. The van der Waals surface area contributed by atoms with Crippen molar-refractivity contribution >= 4 is 39.5 Å². The van der Waals surface area contributed by atoms with Crippen LogP contribution in [0.3, 0.4) is 0 Å². The number of thiazole rings is 1. The van der Waals surface area contributed by atoms with Gasteiger partial charge in [0.15, 0.2) is 0 Å². The van der Waals surface area contributed by atoms with Gasteiger partial charge in [0.05, 0.1) is 37.7 Å². The molecular formula is C15H18N4OS2. The predicted molar refractivity (Wildman–Crippen MR) is 93.5 cm³/mol. The molecule has 5 nitrogen and oxygen atoms in total. The predicted octanol–water partition coefficient (Wildman–Crippen LogP) is 4.58. The standard InChI is InChI=1S/C9H14N2OS.C6H4N2S/c1-9(2,3)12-11-7-6-10-5-4-8(7)13;1-2-7-3-5-6(1)9-4-8-5/h4-6,11H,1-3H3,(H,10,13);1-4H. The second-order valence-corrected chi connectivity index (χ2v) is 6.76. The number of nitrogens with one attached hydrogen (secondary N) is 2. The molecule has 0 aromatic carbocycles. The number of nitrogens with zero attached hydrogens (tertiary/aromatic N) is 2. The number of hydrogen-bond acceptors (Lipinski definition) is 6. The van der Waals surface area contributed by atoms with Crippen LogP contribution >= 0.6 is 23.6 Å². The zero-order chi connectivity index (χ0) is 16.0. The molecule has 0 amide bonds. The van der Waals surface area contributed by atoms with E-state index in [4.69, 9.17) is 17.1 Å². The number of aromatic amines is 1. The van der Waals surface area contributed by atoms with Crippen LogP contribution in [0.25, 0.3) is 10.2 Å². The number of hydrogen-bond donors (Lipinski definition) is 2. The first-order valence-electron chi connectivity index (χ1n) is 6.70. The van der Waals surface area contributed by atoms with Crippen molar-refractivity contribution in [2.75, 3.05) is 5.48 Å². The fourth-order valence-electron chi connectivity index (χ4n) is 1.41. The third kappa shape index (κ3) is 5.18. The molecule has 3 rings (SSSR count). The highest BCUT2D eigenvalue weighted by Gasteiger charge is 2.10. The van der Waals surface area contributed by atoms with Crippen LogP contribution in [0.4, 0.5) is 5.69 Å². The van der Waals surface area contributed by atoms with Crippen molar-refractivity contribution in [2.24, 2.45) is 0 Å². The van der Waals surface area contributed by atoms with E-state index >= 15 is 0 Å². The molecule has 0 fully saturated rings. The third-order valence-electron chi connectivity index (χ3n) is 2.42. The number of H-pyrrole nitrogens is 1. The molecule has 22 heavy (non-hydrogen) atoms. The van der Waals surface area contributed by atoms with Gasteiger partial charge >= 0.3 is 0 Å². The molecule has 2 N–H and O–H groups in total. The Balaban J connectivity index is 0.000000170. The van der Waals surface area contributed by atoms with Crippen molar-refractivity contribution in [3.63, 3.8) is 0 Å². The van der Waals surface area contributed by atoms with Crippen molar-refractivity contribution in [3.8, 4) is 0 Å². The fraction of sp³-hybridized carbons (Fsp3) is 0.267. The lowest BCUT2D eigenvalue weighted by atomic mass is 10.2. The lowest BCUT2D eigenvalue weighted by Gasteiger charge is -2.19. The van der Waals surface area contributed by atoms with Gasteiger partial charge in [0.25, 0.3) is 0 Å². The van der Waals surface area contributed by atoms with Crippen LogP contribution in [0.2, 0.25) is 0 Å². The monoisotopic (exact) mass is 334 g/mol. The Kier molecular flexibility index (Phi) is 5.59. The minimum atomic E-state index is -0.225. The zero-order valence-corrected chi connectivity index (χ0v) is 14.3. The molecule has 3 heterocycles. The number of fused-ring (bicyclic) bond motifs is 1. The first-order chi connectivity index (χ1) is 10.5. The summed E-state index contributed by atoms with van der Waals surface area (Å²) in [7, 11) is 0. The van der Waals surface area contributed by atoms with Crippen LogP contribution in [0.15, 0.2) is 42.4 Å². The normalized spacial score (nSPS) is 10.9. The van der Waals surface area contributed by atoms with Crippen LogP contribution in [0.5, 0.6) is 0 Å². The average molecular weight is 334 g/mol. The second kappa shape index (κ2) is 7.44. The smallest absolute Gasteiger partial charge is 0.0995 e. The Morgan fingerprint density at radius 2 is 2.14 bits per heavy atom. The van der Waals surface area contributed by atoms with Crippen molar-refractivity contribution in [1.29, 1.82) is 0 Å². The van der Waals surface area contributed by atoms with Gasteiger partial charge in [0.2, 0.25) is 0 Å². The van der Waals surface area contributed by atoms with Gasteiger partial charge in [-0.25, -0.2) is 4.98 Å². The van der Waals surface area contributed by atoms with E-state index in [-0.39, 0.29) is 5.60 Å². The van der Waals surface area contributed by atoms with Gasteiger partial charge in [0.1, 0.15) is 0 Å². The SMILES string of the molecule is CC(C)(C)ONc1c[nH]ccc1=S.c1cc2scnc2cn1. The highest BCUT2D eigenvalue weighted by Crippen LogP contribution is 2.14. The second-order valence-electron chi connectivity index (χ2n) is 5.43. The maximum atomic E-state index is 5.36. The first kappa shape index (κ1) is 16.5. The van der Waals surface area contributed by atoms with Crippen molar-refractivity contribution < 1.29 is 4.84 Å². The molecule has 3 aromatic rings. The average Bonchev–Trinajstić information content (AvgIpc) is 2.95. The molecule has 0 aliphatic heterocycles. The van der Waals surface area contributed by atoms with E-state index in [0.717, 1.165) is 15.7 Å². The summed E-state index contributed by atoms with van der Waals surface area (Å²) in [5.41, 5.74) is 6.19. The highest BCUT2D eigenvalue weighted by molar-refractivity contribution is 7.71. The highest BCUT2D eigenvalue weighted by atomic mass is 32.1. The number of aromatic nitrogens is 3. The van der Waals surface area contributed by atoms with E-state index in [1.165, 1.54) is 4.70 Å². The van der Waals surface area contributed by atoms with Crippen LogP contribution in [-0.2, 0) is 4.84 Å². The molecule has 0 bridgehead atoms. The summed E-state index contributed by atoms with van der Waals surface area (Å²) in [6.45, 7) is 5.90. The molecule has 0 radical (unpaired) electrons. The van der Waals surface area contributed by atoms with Gasteiger partial charge in [-0.05, 0) is 32.9 Å². The molecule has 0 saturated carbocycles. The molecule has 116 valence electrons. The van der Waals surface area contributed by atoms with Crippen LogP contribution in [0, 0.1) is 4.51 Å². The Hall–Kier alpha value is -1.83. The molecule has 0 aliphatic rings. The topological polar surface area (TPSA) is 62.8 Å².